The molecule has 4 nitrogen and oxygen atoms in total. The second-order valence-electron chi connectivity index (χ2n) is 12.8. The topological polar surface area (TPSA) is 49.4 Å². The predicted octanol–water partition coefficient (Wildman–Crippen LogP) is 12.5. The first-order chi connectivity index (χ1) is 25.2. The smallest absolute Gasteiger partial charge is 0.222 e. The Labute approximate surface area is 313 Å². The molecule has 1 N–H and O–H groups in total. The number of amides is 2. The third-order valence-electron chi connectivity index (χ3n) is 8.27. The molecule has 1 heterocycles. The fourth-order valence-corrected chi connectivity index (χ4v) is 5.32. The number of allylic oxidation sites excluding steroid dienone is 22. The average Bonchev–Trinajstić information content (AvgIpc) is 3.14. The number of nitrogens with one attached hydrogen (secondary N) is 1. The zero-order valence-corrected chi connectivity index (χ0v) is 32.2. The van der Waals surface area contributed by atoms with E-state index < -0.39 is 0 Å². The molecule has 0 aromatic carbocycles. The highest BCUT2D eigenvalue weighted by Crippen LogP contribution is 2.13. The van der Waals surface area contributed by atoms with Crippen molar-refractivity contribution in [3.05, 3.63) is 134 Å². The van der Waals surface area contributed by atoms with Gasteiger partial charge in [0, 0.05) is 32.0 Å². The molecule has 0 saturated carbocycles. The van der Waals surface area contributed by atoms with Gasteiger partial charge in [-0.15, -0.1) is 0 Å². The number of piperidine rings is 1. The lowest BCUT2D eigenvalue weighted by molar-refractivity contribution is -0.132. The van der Waals surface area contributed by atoms with Crippen molar-refractivity contribution in [1.29, 1.82) is 0 Å². The Balaban J connectivity index is 2.02. The Morgan fingerprint density at radius 2 is 0.804 bits per heavy atom. The molecule has 1 aliphatic heterocycles. The van der Waals surface area contributed by atoms with Crippen molar-refractivity contribution in [3.63, 3.8) is 0 Å². The number of hydrogen-bond acceptors (Lipinski definition) is 2. The quantitative estimate of drug-likeness (QED) is 0.0655. The highest BCUT2D eigenvalue weighted by atomic mass is 16.2. The fraction of sp³-hybridized carbons (Fsp3) is 0.489. The van der Waals surface area contributed by atoms with E-state index in [0.717, 1.165) is 116 Å². The summed E-state index contributed by atoms with van der Waals surface area (Å²) in [6.07, 6.45) is 64.6. The zero-order valence-electron chi connectivity index (χ0n) is 32.2. The van der Waals surface area contributed by atoms with Gasteiger partial charge in [-0.1, -0.05) is 148 Å². The molecule has 0 atom stereocenters. The minimum atomic E-state index is 0.108. The number of unbranched alkanes of at least 4 members (excludes halogenated alkanes) is 1. The summed E-state index contributed by atoms with van der Waals surface area (Å²) in [5, 5.41) is 3.17. The SMILES string of the molecule is CC/C=C\C/C=C\C/C=C\C/C=C\C/C=C\C/C=C\CCC(=O)NC1CCN(C(=O)CCC/C=C\C/C=C\C/C=C\C/C=C\C/C=C\CC)CC1. The van der Waals surface area contributed by atoms with Gasteiger partial charge in [0.15, 0.2) is 0 Å². The summed E-state index contributed by atoms with van der Waals surface area (Å²) in [7, 11) is 0. The van der Waals surface area contributed by atoms with Crippen LogP contribution in [0.4, 0.5) is 0 Å². The molecule has 0 bridgehead atoms. The first kappa shape index (κ1) is 45.1. The predicted molar refractivity (Wildman–Crippen MR) is 224 cm³/mol. The fourth-order valence-electron chi connectivity index (χ4n) is 5.32. The van der Waals surface area contributed by atoms with Gasteiger partial charge in [-0.25, -0.2) is 0 Å². The Morgan fingerprint density at radius 3 is 1.18 bits per heavy atom. The maximum absolute atomic E-state index is 12.7. The van der Waals surface area contributed by atoms with Crippen molar-refractivity contribution in [2.75, 3.05) is 13.1 Å². The molecule has 280 valence electrons. The zero-order chi connectivity index (χ0) is 36.7. The van der Waals surface area contributed by atoms with Crippen LogP contribution in [0.2, 0.25) is 0 Å². The highest BCUT2D eigenvalue weighted by molar-refractivity contribution is 5.77. The van der Waals surface area contributed by atoms with Crippen LogP contribution in [0.15, 0.2) is 134 Å². The lowest BCUT2D eigenvalue weighted by atomic mass is 10.0. The normalized spacial score (nSPS) is 15.4. The molecule has 1 saturated heterocycles. The Kier molecular flexibility index (Phi) is 31.7. The van der Waals surface area contributed by atoms with Crippen LogP contribution < -0.4 is 5.32 Å². The molecule has 0 aromatic rings. The molecule has 0 aromatic heterocycles. The Bertz CT molecular complexity index is 1200. The summed E-state index contributed by atoms with van der Waals surface area (Å²) in [5.41, 5.74) is 0. The van der Waals surface area contributed by atoms with Gasteiger partial charge in [0.25, 0.3) is 0 Å². The summed E-state index contributed by atoms with van der Waals surface area (Å²) < 4.78 is 0. The van der Waals surface area contributed by atoms with Gasteiger partial charge in [-0.05, 0) is 103 Å². The molecule has 1 aliphatic rings. The number of rotatable bonds is 28. The van der Waals surface area contributed by atoms with E-state index in [1.807, 2.05) is 4.90 Å². The Hall–Kier alpha value is -3.92. The molecule has 2 amide bonds. The van der Waals surface area contributed by atoms with Gasteiger partial charge >= 0.3 is 0 Å². The van der Waals surface area contributed by atoms with Crippen molar-refractivity contribution in [3.8, 4) is 0 Å². The molecule has 0 aliphatic carbocycles. The van der Waals surface area contributed by atoms with E-state index in [-0.39, 0.29) is 17.9 Å². The van der Waals surface area contributed by atoms with Crippen molar-refractivity contribution in [2.24, 2.45) is 0 Å². The summed E-state index contributed by atoms with van der Waals surface area (Å²) >= 11 is 0. The van der Waals surface area contributed by atoms with Crippen LogP contribution in [0.5, 0.6) is 0 Å². The minimum Gasteiger partial charge on any atom is -0.353 e. The van der Waals surface area contributed by atoms with Crippen LogP contribution >= 0.6 is 0 Å². The summed E-state index contributed by atoms with van der Waals surface area (Å²) in [6.45, 7) is 5.78. The van der Waals surface area contributed by atoms with Crippen LogP contribution in [-0.4, -0.2) is 35.8 Å². The number of hydrogen-bond donors (Lipinski definition) is 1. The summed E-state index contributed by atoms with van der Waals surface area (Å²) in [4.78, 5) is 27.0. The van der Waals surface area contributed by atoms with E-state index in [9.17, 15) is 9.59 Å². The van der Waals surface area contributed by atoms with Crippen LogP contribution in [0.25, 0.3) is 0 Å². The average molecular weight is 695 g/mol. The molecular weight excluding hydrogens is 625 g/mol. The van der Waals surface area contributed by atoms with Crippen LogP contribution in [-0.2, 0) is 9.59 Å². The van der Waals surface area contributed by atoms with Gasteiger partial charge in [0.05, 0.1) is 0 Å². The lowest BCUT2D eigenvalue weighted by Gasteiger charge is -2.32. The maximum Gasteiger partial charge on any atom is 0.222 e. The van der Waals surface area contributed by atoms with Crippen molar-refractivity contribution in [1.82, 2.24) is 10.2 Å². The third kappa shape index (κ3) is 30.6. The standard InChI is InChI=1S/C47H70N2O2/c1-3-5-7-9-11-13-15-17-19-21-22-24-25-27-29-31-33-35-37-39-46(50)48-45-41-43-49(44-42-45)47(51)40-38-36-34-32-30-28-26-23-20-18-16-14-12-10-8-6-4-2/h5-8,11-14,17-20,22,24,26-29,32-35,45H,3-4,9-10,15-16,21,23,25,30-31,36-44H2,1-2H3,(H,48,50)/b7-5-,8-6-,13-11-,14-12-,19-17-,20-18-,24-22-,28-26-,29-27-,34-32-,35-33-. The van der Waals surface area contributed by atoms with E-state index >= 15 is 0 Å². The van der Waals surface area contributed by atoms with E-state index in [2.05, 4.69) is 153 Å². The maximum atomic E-state index is 12.7. The van der Waals surface area contributed by atoms with Gasteiger partial charge < -0.3 is 10.2 Å². The van der Waals surface area contributed by atoms with Crippen LogP contribution in [0.1, 0.15) is 129 Å². The molecule has 1 fully saturated rings. The molecule has 0 radical (unpaired) electrons. The molecule has 0 spiro atoms. The number of carbonyl (C=O) groups excluding carboxylic acids is 2. The van der Waals surface area contributed by atoms with Gasteiger partial charge in [-0.3, -0.25) is 9.59 Å². The van der Waals surface area contributed by atoms with E-state index in [1.54, 1.807) is 0 Å². The van der Waals surface area contributed by atoms with Crippen molar-refractivity contribution in [2.45, 2.75) is 135 Å². The molecule has 0 unspecified atom stereocenters. The number of nitrogens with zero attached hydrogens (tertiary/aromatic N) is 1. The van der Waals surface area contributed by atoms with Gasteiger partial charge in [0.1, 0.15) is 0 Å². The van der Waals surface area contributed by atoms with Crippen molar-refractivity contribution >= 4 is 11.8 Å². The van der Waals surface area contributed by atoms with E-state index in [1.165, 1.54) is 0 Å². The third-order valence-corrected chi connectivity index (χ3v) is 8.27. The van der Waals surface area contributed by atoms with Gasteiger partial charge in [-0.2, -0.15) is 0 Å². The molecule has 1 rings (SSSR count). The van der Waals surface area contributed by atoms with Gasteiger partial charge in [0.2, 0.25) is 11.8 Å². The lowest BCUT2D eigenvalue weighted by Crippen LogP contribution is -2.46. The molecule has 4 heteroatoms. The number of carbonyl (C=O) groups is 2. The van der Waals surface area contributed by atoms with Crippen LogP contribution in [0, 0.1) is 0 Å². The largest absolute Gasteiger partial charge is 0.353 e. The second-order valence-corrected chi connectivity index (χ2v) is 12.8. The summed E-state index contributed by atoms with van der Waals surface area (Å²) in [5.74, 6) is 0.348. The monoisotopic (exact) mass is 695 g/mol. The highest BCUT2D eigenvalue weighted by Gasteiger charge is 2.23. The van der Waals surface area contributed by atoms with E-state index in [4.69, 9.17) is 0 Å². The first-order valence-corrected chi connectivity index (χ1v) is 19.9. The minimum absolute atomic E-state index is 0.108. The Morgan fingerprint density at radius 1 is 0.471 bits per heavy atom. The molecular formula is C47H70N2O2. The first-order valence-electron chi connectivity index (χ1n) is 19.9. The van der Waals surface area contributed by atoms with Crippen molar-refractivity contribution < 1.29 is 9.59 Å². The van der Waals surface area contributed by atoms with Crippen LogP contribution in [0.3, 0.4) is 0 Å². The van der Waals surface area contributed by atoms with E-state index in [0.29, 0.717) is 12.8 Å². The number of likely N-dealkylation sites (tertiary alicyclic amines) is 1. The molecule has 51 heavy (non-hydrogen) atoms. The summed E-state index contributed by atoms with van der Waals surface area (Å²) in [6, 6.07) is 0.174. The second kappa shape index (κ2) is 35.9.